The van der Waals surface area contributed by atoms with Crippen molar-refractivity contribution in [2.45, 2.75) is 130 Å². The predicted octanol–water partition coefficient (Wildman–Crippen LogP) is 8.23. The van der Waals surface area contributed by atoms with E-state index in [2.05, 4.69) is 74.5 Å². The summed E-state index contributed by atoms with van der Waals surface area (Å²) in [5.41, 5.74) is 2.80. The number of rotatable bonds is 13. The molecule has 2 aliphatic carbocycles. The summed E-state index contributed by atoms with van der Waals surface area (Å²) in [6.45, 7) is 21.6. The van der Waals surface area contributed by atoms with Crippen molar-refractivity contribution >= 4 is 14.3 Å². The number of esters is 1. The summed E-state index contributed by atoms with van der Waals surface area (Å²) in [5.74, 6) is 1.37. The Morgan fingerprint density at radius 3 is 2.17 bits per heavy atom. The minimum absolute atomic E-state index is 0.00415. The molecule has 0 aromatic rings. The highest BCUT2D eigenvalue weighted by Crippen LogP contribution is 2.42. The Morgan fingerprint density at radius 2 is 1.63 bits per heavy atom. The van der Waals surface area contributed by atoms with Gasteiger partial charge in [0.1, 0.15) is 6.10 Å². The van der Waals surface area contributed by atoms with Crippen LogP contribution in [0.4, 0.5) is 0 Å². The fraction of sp³-hybridized carbons (Fsp3) is 0.833. The van der Waals surface area contributed by atoms with Gasteiger partial charge in [0.05, 0.1) is 13.2 Å². The molecule has 0 aromatic carbocycles. The van der Waals surface area contributed by atoms with E-state index in [0.29, 0.717) is 47.6 Å². The van der Waals surface area contributed by atoms with Crippen molar-refractivity contribution in [2.75, 3.05) is 13.2 Å². The van der Waals surface area contributed by atoms with E-state index in [9.17, 15) is 4.79 Å². The van der Waals surface area contributed by atoms with E-state index in [-0.39, 0.29) is 12.1 Å². The Bertz CT molecular complexity index is 687. The Kier molecular flexibility index (Phi) is 12.2. The maximum atomic E-state index is 13.3. The number of carbonyl (C=O) groups is 1. The van der Waals surface area contributed by atoms with Crippen LogP contribution in [0.25, 0.3) is 0 Å². The van der Waals surface area contributed by atoms with Crippen LogP contribution in [0.3, 0.4) is 0 Å². The molecule has 1 fully saturated rings. The van der Waals surface area contributed by atoms with Crippen LogP contribution in [0.1, 0.15) is 101 Å². The highest BCUT2D eigenvalue weighted by atomic mass is 28.4. The molecule has 2 rings (SSSR count). The van der Waals surface area contributed by atoms with Crippen molar-refractivity contribution in [2.24, 2.45) is 17.8 Å². The van der Waals surface area contributed by atoms with E-state index in [1.807, 2.05) is 6.08 Å². The molecule has 0 radical (unpaired) electrons. The third-order valence-corrected chi connectivity index (χ3v) is 14.6. The number of ether oxygens (including phenoxy) is 2. The first-order valence-electron chi connectivity index (χ1n) is 14.3. The van der Waals surface area contributed by atoms with Gasteiger partial charge in [0, 0.05) is 0 Å². The minimum atomic E-state index is -1.87. The lowest BCUT2D eigenvalue weighted by atomic mass is 9.75. The monoisotopic (exact) mass is 506 g/mol. The fourth-order valence-electron chi connectivity index (χ4n) is 6.70. The van der Waals surface area contributed by atoms with Gasteiger partial charge in [-0.25, -0.2) is 4.79 Å². The maximum absolute atomic E-state index is 13.3. The average molecular weight is 507 g/mol. The Labute approximate surface area is 217 Å². The maximum Gasteiger partial charge on any atom is 0.339 e. The minimum Gasteiger partial charge on any atom is -0.460 e. The molecule has 1 saturated carbocycles. The van der Waals surface area contributed by atoms with Crippen molar-refractivity contribution in [3.63, 3.8) is 0 Å². The van der Waals surface area contributed by atoms with E-state index in [0.717, 1.165) is 37.7 Å². The van der Waals surface area contributed by atoms with Gasteiger partial charge in [-0.1, -0.05) is 87.0 Å². The fourth-order valence-corrected chi connectivity index (χ4v) is 12.1. The second-order valence-corrected chi connectivity index (χ2v) is 17.7. The van der Waals surface area contributed by atoms with Crippen LogP contribution in [-0.2, 0) is 18.7 Å². The third-order valence-electron chi connectivity index (χ3n) is 8.52. The van der Waals surface area contributed by atoms with Crippen LogP contribution in [0.2, 0.25) is 16.6 Å². The molecule has 0 N–H and O–H groups in total. The molecule has 35 heavy (non-hydrogen) atoms. The molecule has 5 heteroatoms. The first kappa shape index (κ1) is 30.3. The van der Waals surface area contributed by atoms with Gasteiger partial charge in [0.2, 0.25) is 8.32 Å². The van der Waals surface area contributed by atoms with Gasteiger partial charge in [-0.2, -0.15) is 0 Å². The number of hydrogen-bond acceptors (Lipinski definition) is 4. The highest BCUT2D eigenvalue weighted by molar-refractivity contribution is 6.77. The summed E-state index contributed by atoms with van der Waals surface area (Å²) in [7, 11) is -1.87. The van der Waals surface area contributed by atoms with E-state index in [1.165, 1.54) is 6.42 Å². The Hall–Kier alpha value is -0.913. The standard InChI is InChI=1S/C30H54O4Si/c1-21(2)27-17-16-25(9)20-28(27)34-30(31)29(26-14-10-11-15-26)32-18-12-13-19-33-35(22(3)4,23(5)6)24(7)8/h12-14,21-25,27-29H,10-11,15-20H2,1-9H3/b13-12-/t25-,27+,28-,29?/m1/s1. The molecule has 1 unspecified atom stereocenters. The quantitative estimate of drug-likeness (QED) is 0.143. The number of allylic oxidation sites excluding steroid dienone is 1. The molecular weight excluding hydrogens is 452 g/mol. The molecule has 4 nitrogen and oxygen atoms in total. The predicted molar refractivity (Wildman–Crippen MR) is 149 cm³/mol. The van der Waals surface area contributed by atoms with Crippen LogP contribution in [0.5, 0.6) is 0 Å². The molecule has 0 aliphatic heterocycles. The first-order chi connectivity index (χ1) is 16.5. The average Bonchev–Trinajstić information content (AvgIpc) is 3.29. The number of carbonyl (C=O) groups excluding carboxylic acids is 1. The van der Waals surface area contributed by atoms with Gasteiger partial charge >= 0.3 is 5.97 Å². The summed E-state index contributed by atoms with van der Waals surface area (Å²) >= 11 is 0. The molecule has 0 amide bonds. The zero-order valence-corrected chi connectivity index (χ0v) is 25.1. The Morgan fingerprint density at radius 1 is 1.00 bits per heavy atom. The smallest absolute Gasteiger partial charge is 0.339 e. The van der Waals surface area contributed by atoms with Gasteiger partial charge in [-0.05, 0) is 72.1 Å². The lowest BCUT2D eigenvalue weighted by Crippen LogP contribution is -2.47. The third kappa shape index (κ3) is 8.03. The molecule has 0 spiro atoms. The first-order valence-corrected chi connectivity index (χ1v) is 16.4. The summed E-state index contributed by atoms with van der Waals surface area (Å²) in [5, 5.41) is 0. The molecular formula is C30H54O4Si. The van der Waals surface area contributed by atoms with Gasteiger partial charge in [0.15, 0.2) is 6.10 Å². The summed E-state index contributed by atoms with van der Waals surface area (Å²) in [4.78, 5) is 13.3. The van der Waals surface area contributed by atoms with E-state index in [4.69, 9.17) is 13.9 Å². The van der Waals surface area contributed by atoms with Crippen LogP contribution in [0.15, 0.2) is 23.8 Å². The van der Waals surface area contributed by atoms with Gasteiger partial charge < -0.3 is 13.9 Å². The second-order valence-electron chi connectivity index (χ2n) is 12.3. The normalized spacial score (nSPS) is 24.7. The van der Waals surface area contributed by atoms with E-state index >= 15 is 0 Å². The van der Waals surface area contributed by atoms with Gasteiger partial charge in [-0.3, -0.25) is 0 Å². The highest BCUT2D eigenvalue weighted by Gasteiger charge is 2.44. The zero-order chi connectivity index (χ0) is 26.2. The number of hydrogen-bond donors (Lipinski definition) is 0. The van der Waals surface area contributed by atoms with E-state index < -0.39 is 14.4 Å². The van der Waals surface area contributed by atoms with Crippen LogP contribution in [-0.4, -0.2) is 39.7 Å². The summed E-state index contributed by atoms with van der Waals surface area (Å²) in [6.07, 6.45) is 12.0. The second kappa shape index (κ2) is 14.1. The van der Waals surface area contributed by atoms with Gasteiger partial charge in [-0.15, -0.1) is 0 Å². The van der Waals surface area contributed by atoms with E-state index in [1.54, 1.807) is 0 Å². The van der Waals surface area contributed by atoms with Crippen molar-refractivity contribution in [3.8, 4) is 0 Å². The van der Waals surface area contributed by atoms with Crippen molar-refractivity contribution in [1.82, 2.24) is 0 Å². The van der Waals surface area contributed by atoms with Crippen molar-refractivity contribution in [1.29, 1.82) is 0 Å². The van der Waals surface area contributed by atoms with Crippen molar-refractivity contribution < 1.29 is 18.7 Å². The summed E-state index contributed by atoms with van der Waals surface area (Å²) < 4.78 is 18.9. The molecule has 202 valence electrons. The molecule has 4 atom stereocenters. The lowest BCUT2D eigenvalue weighted by Gasteiger charge is -2.41. The van der Waals surface area contributed by atoms with Crippen molar-refractivity contribution in [3.05, 3.63) is 23.8 Å². The molecule has 0 saturated heterocycles. The van der Waals surface area contributed by atoms with Crippen LogP contribution in [0, 0.1) is 17.8 Å². The largest absolute Gasteiger partial charge is 0.460 e. The van der Waals surface area contributed by atoms with Crippen LogP contribution < -0.4 is 0 Å². The zero-order valence-electron chi connectivity index (χ0n) is 24.1. The molecule has 0 aromatic heterocycles. The molecule has 0 heterocycles. The summed E-state index contributed by atoms with van der Waals surface area (Å²) in [6, 6.07) is 0. The van der Waals surface area contributed by atoms with Gasteiger partial charge in [0.25, 0.3) is 0 Å². The molecule has 2 aliphatic rings. The lowest BCUT2D eigenvalue weighted by molar-refractivity contribution is -0.166. The van der Waals surface area contributed by atoms with Crippen LogP contribution >= 0.6 is 0 Å². The Balaban J connectivity index is 1.98. The molecule has 0 bridgehead atoms. The topological polar surface area (TPSA) is 44.8 Å². The SMILES string of the molecule is CC(C)[C@@H]1CC[C@@H](C)C[C@H]1OC(=O)C(OC/C=C\CO[Si](C(C)C)(C(C)C)C(C)C)C1=CCCC1.